The van der Waals surface area contributed by atoms with Crippen LogP contribution in [0, 0.1) is 0 Å². The lowest BCUT2D eigenvalue weighted by molar-refractivity contribution is -0.137. The van der Waals surface area contributed by atoms with Crippen LogP contribution in [0.2, 0.25) is 0 Å². The third-order valence-electron chi connectivity index (χ3n) is 6.09. The Balaban J connectivity index is 1.29. The van der Waals surface area contributed by atoms with Crippen molar-refractivity contribution in [3.8, 4) is 0 Å². The molecule has 2 aliphatic rings. The fourth-order valence-electron chi connectivity index (χ4n) is 4.16. The van der Waals surface area contributed by atoms with Gasteiger partial charge in [-0.15, -0.1) is 11.3 Å². The number of amides is 1. The minimum atomic E-state index is -4.45. The highest BCUT2D eigenvalue weighted by Gasteiger charge is 2.38. The van der Waals surface area contributed by atoms with Gasteiger partial charge in [0.05, 0.1) is 17.7 Å². The summed E-state index contributed by atoms with van der Waals surface area (Å²) in [5, 5.41) is 13.9. The second-order valence-corrected chi connectivity index (χ2v) is 8.94. The van der Waals surface area contributed by atoms with Crippen LogP contribution in [0.15, 0.2) is 35.8 Å². The molecular formula is C21H25F3N4O2S. The minimum absolute atomic E-state index is 0.00575. The van der Waals surface area contributed by atoms with E-state index < -0.39 is 17.3 Å². The largest absolute Gasteiger partial charge is 0.416 e. The maximum Gasteiger partial charge on any atom is 0.416 e. The van der Waals surface area contributed by atoms with Crippen molar-refractivity contribution in [2.45, 2.75) is 24.6 Å². The first-order chi connectivity index (χ1) is 14.7. The Kier molecular flexibility index (Phi) is 6.23. The van der Waals surface area contributed by atoms with Crippen molar-refractivity contribution >= 4 is 22.4 Å². The minimum Gasteiger partial charge on any atom is -0.385 e. The number of aromatic nitrogens is 1. The van der Waals surface area contributed by atoms with Crippen LogP contribution in [-0.4, -0.2) is 71.6 Å². The third-order valence-corrected chi connectivity index (χ3v) is 6.92. The summed E-state index contributed by atoms with van der Waals surface area (Å²) < 4.78 is 39.0. The summed E-state index contributed by atoms with van der Waals surface area (Å²) in [7, 11) is 0. The van der Waals surface area contributed by atoms with Crippen LogP contribution in [-0.2, 0) is 16.6 Å². The van der Waals surface area contributed by atoms with Gasteiger partial charge in [0.2, 0.25) is 5.91 Å². The smallest absolute Gasteiger partial charge is 0.385 e. The molecule has 0 saturated carbocycles. The molecule has 31 heavy (non-hydrogen) atoms. The number of anilines is 1. The van der Waals surface area contributed by atoms with E-state index >= 15 is 0 Å². The van der Waals surface area contributed by atoms with Gasteiger partial charge >= 0.3 is 6.18 Å². The number of alkyl halides is 3. The highest BCUT2D eigenvalue weighted by atomic mass is 32.1. The first-order valence-corrected chi connectivity index (χ1v) is 11.2. The summed E-state index contributed by atoms with van der Waals surface area (Å²) in [6, 6.07) is 4.85. The number of thiazole rings is 1. The van der Waals surface area contributed by atoms with Crippen LogP contribution in [0.3, 0.4) is 0 Å². The van der Waals surface area contributed by atoms with E-state index in [1.807, 2.05) is 5.38 Å². The SMILES string of the molecule is O=C(CN1CCN(c2nccs2)CC1)N1CCC(O)(c2cccc(C(F)(F)F)c2)CC1. The summed E-state index contributed by atoms with van der Waals surface area (Å²) in [6.45, 7) is 4.13. The Morgan fingerprint density at radius 2 is 1.84 bits per heavy atom. The van der Waals surface area contributed by atoms with Crippen molar-refractivity contribution in [1.82, 2.24) is 14.8 Å². The van der Waals surface area contributed by atoms with Gasteiger partial charge in [-0.3, -0.25) is 9.69 Å². The lowest BCUT2D eigenvalue weighted by Gasteiger charge is -2.40. The van der Waals surface area contributed by atoms with Gasteiger partial charge in [0, 0.05) is 50.8 Å². The van der Waals surface area contributed by atoms with Crippen LogP contribution in [0.5, 0.6) is 0 Å². The summed E-state index contributed by atoms with van der Waals surface area (Å²) in [5.41, 5.74) is -1.86. The number of piperidine rings is 1. The van der Waals surface area contributed by atoms with E-state index in [2.05, 4.69) is 14.8 Å². The number of carbonyl (C=O) groups excluding carboxylic acids is 1. The maximum atomic E-state index is 13.0. The lowest BCUT2D eigenvalue weighted by atomic mass is 9.83. The first-order valence-electron chi connectivity index (χ1n) is 10.3. The average molecular weight is 455 g/mol. The van der Waals surface area contributed by atoms with Crippen molar-refractivity contribution < 1.29 is 23.1 Å². The van der Waals surface area contributed by atoms with Crippen molar-refractivity contribution in [1.29, 1.82) is 0 Å². The van der Waals surface area contributed by atoms with Crippen molar-refractivity contribution in [3.05, 3.63) is 47.0 Å². The summed E-state index contributed by atoms with van der Waals surface area (Å²) in [4.78, 5) is 23.1. The van der Waals surface area contributed by atoms with E-state index in [9.17, 15) is 23.1 Å². The first kappa shape index (κ1) is 22.0. The topological polar surface area (TPSA) is 59.9 Å². The van der Waals surface area contributed by atoms with Gasteiger partial charge in [-0.25, -0.2) is 4.98 Å². The molecule has 4 rings (SSSR count). The summed E-state index contributed by atoms with van der Waals surface area (Å²) in [6.07, 6.45) is -2.23. The van der Waals surface area contributed by atoms with Gasteiger partial charge in [-0.1, -0.05) is 12.1 Å². The maximum absolute atomic E-state index is 13.0. The Labute approximate surface area is 182 Å². The fourth-order valence-corrected chi connectivity index (χ4v) is 4.86. The number of nitrogens with zero attached hydrogens (tertiary/aromatic N) is 4. The molecule has 0 bridgehead atoms. The number of hydrogen-bond acceptors (Lipinski definition) is 6. The molecule has 0 atom stereocenters. The molecule has 2 fully saturated rings. The van der Waals surface area contributed by atoms with E-state index in [4.69, 9.17) is 0 Å². The lowest BCUT2D eigenvalue weighted by Crippen LogP contribution is -2.52. The third kappa shape index (κ3) is 5.02. The Morgan fingerprint density at radius 1 is 1.13 bits per heavy atom. The molecule has 1 aromatic carbocycles. The number of carbonyl (C=O) groups is 1. The van der Waals surface area contributed by atoms with Gasteiger partial charge < -0.3 is 14.9 Å². The monoisotopic (exact) mass is 454 g/mol. The average Bonchev–Trinajstić information content (AvgIpc) is 3.29. The van der Waals surface area contributed by atoms with Gasteiger partial charge in [0.1, 0.15) is 0 Å². The molecule has 2 aliphatic heterocycles. The molecule has 0 spiro atoms. The zero-order chi connectivity index (χ0) is 22.1. The highest BCUT2D eigenvalue weighted by Crippen LogP contribution is 2.36. The molecule has 0 aliphatic carbocycles. The number of likely N-dealkylation sites (tertiary alicyclic amines) is 1. The number of halogens is 3. The molecule has 1 amide bonds. The van der Waals surface area contributed by atoms with Crippen LogP contribution in [0.4, 0.5) is 18.3 Å². The predicted octanol–water partition coefficient (Wildman–Crippen LogP) is 2.79. The van der Waals surface area contributed by atoms with Crippen LogP contribution in [0.1, 0.15) is 24.0 Å². The highest BCUT2D eigenvalue weighted by molar-refractivity contribution is 7.13. The second-order valence-electron chi connectivity index (χ2n) is 8.07. The van der Waals surface area contributed by atoms with Gasteiger partial charge in [0.25, 0.3) is 0 Å². The summed E-state index contributed by atoms with van der Waals surface area (Å²) >= 11 is 1.60. The molecule has 10 heteroatoms. The fraction of sp³-hybridized carbons (Fsp3) is 0.524. The Hall–Kier alpha value is -2.17. The Morgan fingerprint density at radius 3 is 2.45 bits per heavy atom. The molecular weight excluding hydrogens is 429 g/mol. The number of aliphatic hydroxyl groups is 1. The van der Waals surface area contributed by atoms with E-state index in [1.165, 1.54) is 12.1 Å². The number of piperazine rings is 1. The predicted molar refractivity (Wildman–Crippen MR) is 112 cm³/mol. The zero-order valence-corrected chi connectivity index (χ0v) is 17.8. The quantitative estimate of drug-likeness (QED) is 0.770. The number of hydrogen-bond donors (Lipinski definition) is 1. The Bertz CT molecular complexity index is 890. The van der Waals surface area contributed by atoms with Crippen LogP contribution in [0.25, 0.3) is 0 Å². The second kappa shape index (κ2) is 8.76. The van der Waals surface area contributed by atoms with E-state index in [0.717, 1.165) is 43.4 Å². The molecule has 0 unspecified atom stereocenters. The van der Waals surface area contributed by atoms with Crippen LogP contribution >= 0.6 is 11.3 Å². The van der Waals surface area contributed by atoms with Crippen LogP contribution < -0.4 is 4.90 Å². The molecule has 3 heterocycles. The van der Waals surface area contributed by atoms with Gasteiger partial charge in [0.15, 0.2) is 5.13 Å². The number of benzene rings is 1. The van der Waals surface area contributed by atoms with Gasteiger partial charge in [-0.2, -0.15) is 13.2 Å². The van der Waals surface area contributed by atoms with Crippen molar-refractivity contribution in [2.24, 2.45) is 0 Å². The molecule has 6 nitrogen and oxygen atoms in total. The number of rotatable bonds is 4. The van der Waals surface area contributed by atoms with E-state index in [0.29, 0.717) is 19.6 Å². The standard InChI is InChI=1S/C21H25F3N4O2S/c22-21(23,24)17-3-1-2-16(14-17)20(30)4-7-27(8-5-20)18(29)15-26-9-11-28(12-10-26)19-25-6-13-31-19/h1-3,6,13-14,30H,4-5,7-12,15H2. The van der Waals surface area contributed by atoms with Gasteiger partial charge in [-0.05, 0) is 30.5 Å². The van der Waals surface area contributed by atoms with Crippen molar-refractivity contribution in [3.63, 3.8) is 0 Å². The summed E-state index contributed by atoms with van der Waals surface area (Å²) in [5.74, 6) is -0.00575. The normalized spacial score (nSPS) is 20.1. The van der Waals surface area contributed by atoms with E-state index in [1.54, 1.807) is 22.4 Å². The molecule has 2 aromatic rings. The molecule has 1 N–H and O–H groups in total. The van der Waals surface area contributed by atoms with Crippen molar-refractivity contribution in [2.75, 3.05) is 50.7 Å². The zero-order valence-electron chi connectivity index (χ0n) is 17.0. The molecule has 2 saturated heterocycles. The van der Waals surface area contributed by atoms with E-state index in [-0.39, 0.29) is 24.3 Å². The molecule has 1 aromatic heterocycles. The molecule has 0 radical (unpaired) electrons. The molecule has 168 valence electrons.